The van der Waals surface area contributed by atoms with Crippen LogP contribution >= 0.6 is 7.82 Å². The zero-order valence-electron chi connectivity index (χ0n) is 42.9. The Hall–Kier alpha value is -2.06. The Balaban J connectivity index is 4.14. The molecule has 0 saturated carbocycles. The van der Waals surface area contributed by atoms with Gasteiger partial charge in [-0.1, -0.05) is 202 Å². The van der Waals surface area contributed by atoms with Crippen molar-refractivity contribution < 1.29 is 37.3 Å². The second-order valence-electron chi connectivity index (χ2n) is 18.9. The fraction of sp³-hybridized carbons (Fsp3) is 0.768. The Labute approximate surface area is 402 Å². The summed E-state index contributed by atoms with van der Waals surface area (Å²) < 4.78 is 34.8. The molecule has 2 atom stereocenters. The summed E-state index contributed by atoms with van der Waals surface area (Å²) in [5.74, 6) is -0.340. The fourth-order valence-electron chi connectivity index (χ4n) is 7.16. The van der Waals surface area contributed by atoms with Crippen molar-refractivity contribution in [1.29, 1.82) is 0 Å². The number of likely N-dealkylation sites (N-methyl/N-ethyl adjacent to an activating group) is 1. The minimum absolute atomic E-state index is 0.0219. The third-order valence-corrected chi connectivity index (χ3v) is 12.2. The lowest BCUT2D eigenvalue weighted by Gasteiger charge is -2.28. The number of esters is 1. The number of hydrogen-bond donors (Lipinski definition) is 0. The third-order valence-electron chi connectivity index (χ3n) is 11.2. The van der Waals surface area contributed by atoms with Gasteiger partial charge in [0, 0.05) is 13.0 Å². The molecule has 0 aromatic heterocycles. The van der Waals surface area contributed by atoms with Crippen LogP contribution in [0.25, 0.3) is 0 Å². The number of carbonyl (C=O) groups excluding carboxylic acids is 1. The first kappa shape index (κ1) is 62.9. The van der Waals surface area contributed by atoms with E-state index in [0.717, 1.165) is 64.2 Å². The van der Waals surface area contributed by atoms with Crippen LogP contribution in [-0.2, 0) is 27.9 Å². The zero-order chi connectivity index (χ0) is 47.6. The van der Waals surface area contributed by atoms with Gasteiger partial charge in [-0.05, 0) is 83.5 Å². The maximum absolute atomic E-state index is 12.8. The predicted octanol–water partition coefficient (Wildman–Crippen LogP) is 16.0. The van der Waals surface area contributed by atoms with Crippen molar-refractivity contribution in [1.82, 2.24) is 0 Å². The van der Waals surface area contributed by atoms with Gasteiger partial charge in [0.2, 0.25) is 0 Å². The molecule has 0 aliphatic rings. The predicted molar refractivity (Wildman–Crippen MR) is 277 cm³/mol. The van der Waals surface area contributed by atoms with E-state index in [1.165, 1.54) is 135 Å². The quantitative estimate of drug-likeness (QED) is 0.0197. The first-order valence-electron chi connectivity index (χ1n) is 26.7. The van der Waals surface area contributed by atoms with Crippen LogP contribution in [0.1, 0.15) is 219 Å². The van der Waals surface area contributed by atoms with E-state index in [1.807, 2.05) is 21.1 Å². The van der Waals surface area contributed by atoms with Gasteiger partial charge < -0.3 is 27.9 Å². The molecule has 8 nitrogen and oxygen atoms in total. The SMILES string of the molecule is CC/C=C\C/C=C\C/C=C\C/C=C\CCCCCCCCCCCCC(=O)OC(COCCCCCCCCCCCC/C=C\C/C=C\CCCCC)COP(=O)([O-])OCC[N+](C)(C)C. The zero-order valence-corrected chi connectivity index (χ0v) is 43.8. The van der Waals surface area contributed by atoms with Gasteiger partial charge in [0.25, 0.3) is 7.82 Å². The molecule has 0 aliphatic carbocycles. The molecule has 0 spiro atoms. The van der Waals surface area contributed by atoms with Crippen LogP contribution in [0, 0.1) is 0 Å². The highest BCUT2D eigenvalue weighted by Gasteiger charge is 2.20. The molecular weight excluding hydrogens is 830 g/mol. The van der Waals surface area contributed by atoms with Crippen LogP contribution in [0.5, 0.6) is 0 Å². The van der Waals surface area contributed by atoms with Gasteiger partial charge in [-0.15, -0.1) is 0 Å². The Morgan fingerprint density at radius 2 is 0.892 bits per heavy atom. The summed E-state index contributed by atoms with van der Waals surface area (Å²) >= 11 is 0. The molecule has 2 unspecified atom stereocenters. The van der Waals surface area contributed by atoms with E-state index >= 15 is 0 Å². The first-order valence-corrected chi connectivity index (χ1v) is 28.1. The molecule has 0 saturated heterocycles. The Morgan fingerprint density at radius 1 is 0.492 bits per heavy atom. The summed E-state index contributed by atoms with van der Waals surface area (Å²) in [6.07, 6.45) is 63.5. The topological polar surface area (TPSA) is 94.1 Å². The second kappa shape index (κ2) is 48.4. The maximum atomic E-state index is 12.8. The lowest BCUT2D eigenvalue weighted by molar-refractivity contribution is -0.870. The van der Waals surface area contributed by atoms with Crippen molar-refractivity contribution in [3.8, 4) is 0 Å². The molecule has 378 valence electrons. The van der Waals surface area contributed by atoms with Gasteiger partial charge in [-0.2, -0.15) is 0 Å². The third kappa shape index (κ3) is 52.8. The molecule has 0 amide bonds. The highest BCUT2D eigenvalue weighted by molar-refractivity contribution is 7.45. The first-order chi connectivity index (χ1) is 31.6. The summed E-state index contributed by atoms with van der Waals surface area (Å²) in [5.41, 5.74) is 0. The van der Waals surface area contributed by atoms with E-state index in [2.05, 4.69) is 86.8 Å². The number of nitrogens with zero attached hydrogens (tertiary/aromatic N) is 1. The minimum atomic E-state index is -4.54. The minimum Gasteiger partial charge on any atom is -0.756 e. The Bertz CT molecular complexity index is 1270. The molecule has 0 radical (unpaired) electrons. The van der Waals surface area contributed by atoms with Gasteiger partial charge in [0.05, 0.1) is 34.4 Å². The maximum Gasteiger partial charge on any atom is 0.306 e. The van der Waals surface area contributed by atoms with Crippen LogP contribution in [-0.4, -0.2) is 70.7 Å². The molecule has 0 bridgehead atoms. The van der Waals surface area contributed by atoms with Crippen LogP contribution in [0.2, 0.25) is 0 Å². The number of allylic oxidation sites excluding steroid dienone is 12. The van der Waals surface area contributed by atoms with Gasteiger partial charge in [-0.25, -0.2) is 0 Å². The van der Waals surface area contributed by atoms with Crippen molar-refractivity contribution in [3.63, 3.8) is 0 Å². The number of carbonyl (C=O) groups is 1. The van der Waals surface area contributed by atoms with Crippen molar-refractivity contribution in [3.05, 3.63) is 72.9 Å². The standard InChI is InChI=1S/C56H102NO7P/c1-6-8-10-12-14-16-18-20-22-24-26-28-29-30-31-33-35-37-39-41-43-45-47-49-56(58)64-55(54-63-65(59,60)62-52-50-57(3,4)5)53-61-51-48-46-44-42-40-38-36-34-32-27-25-23-21-19-17-15-13-11-9-7-2/h8,10,14-17,20-23,26,28,55H,6-7,9,11-13,18-19,24-25,27,29-54H2,1-5H3/b10-8-,16-14-,17-15-,22-20-,23-21-,28-26-. The van der Waals surface area contributed by atoms with Gasteiger partial charge in [0.1, 0.15) is 19.3 Å². The van der Waals surface area contributed by atoms with Crippen LogP contribution in [0.4, 0.5) is 0 Å². The summed E-state index contributed by atoms with van der Waals surface area (Å²) in [6, 6.07) is 0. The smallest absolute Gasteiger partial charge is 0.306 e. The number of rotatable bonds is 49. The van der Waals surface area contributed by atoms with Crippen molar-refractivity contribution in [2.45, 2.75) is 225 Å². The number of phosphoric acid groups is 1. The molecule has 0 aromatic rings. The lowest BCUT2D eigenvalue weighted by atomic mass is 10.0. The fourth-order valence-corrected chi connectivity index (χ4v) is 7.89. The molecule has 0 fully saturated rings. The second-order valence-corrected chi connectivity index (χ2v) is 20.3. The number of ether oxygens (including phenoxy) is 2. The molecule has 65 heavy (non-hydrogen) atoms. The van der Waals surface area contributed by atoms with Crippen molar-refractivity contribution in [2.24, 2.45) is 0 Å². The summed E-state index contributed by atoms with van der Waals surface area (Å²) in [5, 5.41) is 0. The largest absolute Gasteiger partial charge is 0.756 e. The van der Waals surface area contributed by atoms with E-state index < -0.39 is 13.9 Å². The molecular formula is C56H102NO7P. The molecule has 0 rings (SSSR count). The average Bonchev–Trinajstić information content (AvgIpc) is 3.27. The van der Waals surface area contributed by atoms with Gasteiger partial charge in [0.15, 0.2) is 0 Å². The van der Waals surface area contributed by atoms with E-state index in [-0.39, 0.29) is 25.8 Å². The Morgan fingerprint density at radius 3 is 1.34 bits per heavy atom. The number of hydrogen-bond acceptors (Lipinski definition) is 7. The van der Waals surface area contributed by atoms with Crippen LogP contribution in [0.3, 0.4) is 0 Å². The van der Waals surface area contributed by atoms with Gasteiger partial charge in [-0.3, -0.25) is 9.36 Å². The normalized spacial score (nSPS) is 14.1. The number of quaternary nitrogens is 1. The molecule has 0 aliphatic heterocycles. The van der Waals surface area contributed by atoms with Gasteiger partial charge >= 0.3 is 5.97 Å². The molecule has 0 N–H and O–H groups in total. The number of unbranched alkanes of at least 4 members (excludes halogenated alkanes) is 23. The monoisotopic (exact) mass is 932 g/mol. The average molecular weight is 932 g/mol. The Kier molecular flexibility index (Phi) is 46.9. The van der Waals surface area contributed by atoms with Crippen molar-refractivity contribution >= 4 is 13.8 Å². The molecule has 0 aromatic carbocycles. The summed E-state index contributed by atoms with van der Waals surface area (Å²) in [6.45, 7) is 5.28. The van der Waals surface area contributed by atoms with E-state index in [0.29, 0.717) is 24.1 Å². The summed E-state index contributed by atoms with van der Waals surface area (Å²) in [7, 11) is 1.35. The lowest BCUT2D eigenvalue weighted by Crippen LogP contribution is -2.37. The van der Waals surface area contributed by atoms with Crippen LogP contribution in [0.15, 0.2) is 72.9 Å². The van der Waals surface area contributed by atoms with E-state index in [9.17, 15) is 14.3 Å². The van der Waals surface area contributed by atoms with Crippen molar-refractivity contribution in [2.75, 3.05) is 54.1 Å². The highest BCUT2D eigenvalue weighted by atomic mass is 31.2. The van der Waals surface area contributed by atoms with Crippen LogP contribution < -0.4 is 4.89 Å². The van der Waals surface area contributed by atoms with E-state index in [4.69, 9.17) is 18.5 Å². The highest BCUT2D eigenvalue weighted by Crippen LogP contribution is 2.38. The van der Waals surface area contributed by atoms with E-state index in [1.54, 1.807) is 0 Å². The molecule has 0 heterocycles. The summed E-state index contributed by atoms with van der Waals surface area (Å²) in [4.78, 5) is 25.2. The number of phosphoric ester groups is 1. The molecule has 9 heteroatoms.